The van der Waals surface area contributed by atoms with Crippen LogP contribution in [-0.4, -0.2) is 22.8 Å². The van der Waals surface area contributed by atoms with E-state index in [2.05, 4.69) is 36.8 Å². The van der Waals surface area contributed by atoms with Gasteiger partial charge in [-0.15, -0.1) is 11.3 Å². The fourth-order valence-corrected chi connectivity index (χ4v) is 3.51. The van der Waals surface area contributed by atoms with Crippen molar-refractivity contribution in [3.8, 4) is 0 Å². The number of halogens is 2. The minimum absolute atomic E-state index is 0.00949. The number of rotatable bonds is 3. The van der Waals surface area contributed by atoms with E-state index in [0.29, 0.717) is 11.4 Å². The first kappa shape index (κ1) is 13.7. The summed E-state index contributed by atoms with van der Waals surface area (Å²) in [5, 5.41) is 0. The molecule has 0 saturated carbocycles. The minimum atomic E-state index is 0.00949. The summed E-state index contributed by atoms with van der Waals surface area (Å²) in [5.74, 6) is 0.00949. The summed E-state index contributed by atoms with van der Waals surface area (Å²) in [6.45, 7) is 0.555. The molecule has 94 valence electrons. The van der Waals surface area contributed by atoms with Crippen LogP contribution in [0.4, 0.5) is 0 Å². The van der Waals surface area contributed by atoms with Crippen LogP contribution in [-0.2, 0) is 6.54 Å². The van der Waals surface area contributed by atoms with Crippen molar-refractivity contribution in [1.29, 1.82) is 0 Å². The van der Waals surface area contributed by atoms with Gasteiger partial charge < -0.3 is 4.90 Å². The van der Waals surface area contributed by atoms with Gasteiger partial charge in [0.1, 0.15) is 0 Å². The van der Waals surface area contributed by atoms with E-state index in [0.717, 1.165) is 13.8 Å². The maximum Gasteiger partial charge on any atom is 0.264 e. The summed E-state index contributed by atoms with van der Waals surface area (Å²) < 4.78 is 1.84. The van der Waals surface area contributed by atoms with Crippen molar-refractivity contribution in [2.45, 2.75) is 6.54 Å². The molecular formula is C12H10Br2N2OS. The maximum atomic E-state index is 12.2. The molecule has 0 bridgehead atoms. The van der Waals surface area contributed by atoms with Gasteiger partial charge in [0.2, 0.25) is 0 Å². The number of pyridine rings is 1. The van der Waals surface area contributed by atoms with Crippen LogP contribution in [0.25, 0.3) is 0 Å². The van der Waals surface area contributed by atoms with Gasteiger partial charge in [0.25, 0.3) is 5.91 Å². The third-order valence-corrected chi connectivity index (χ3v) is 5.59. The highest BCUT2D eigenvalue weighted by Gasteiger charge is 2.16. The number of amides is 1. The Morgan fingerprint density at radius 1 is 1.50 bits per heavy atom. The molecule has 0 N–H and O–H groups in total. The van der Waals surface area contributed by atoms with E-state index in [4.69, 9.17) is 0 Å². The van der Waals surface area contributed by atoms with Crippen molar-refractivity contribution in [2.75, 3.05) is 7.05 Å². The Bertz CT molecular complexity index is 537. The molecule has 18 heavy (non-hydrogen) atoms. The quantitative estimate of drug-likeness (QED) is 0.796. The second-order valence-corrected chi connectivity index (χ2v) is 6.98. The molecule has 2 aromatic heterocycles. The van der Waals surface area contributed by atoms with E-state index in [1.807, 2.05) is 18.2 Å². The Morgan fingerprint density at radius 3 is 2.83 bits per heavy atom. The van der Waals surface area contributed by atoms with Gasteiger partial charge in [-0.25, -0.2) is 0 Å². The van der Waals surface area contributed by atoms with Gasteiger partial charge in [-0.1, -0.05) is 6.07 Å². The van der Waals surface area contributed by atoms with Crippen LogP contribution in [0.15, 0.2) is 38.9 Å². The van der Waals surface area contributed by atoms with Crippen molar-refractivity contribution < 1.29 is 4.79 Å². The molecule has 0 unspecified atom stereocenters. The predicted octanol–water partition coefficient (Wildman–Crippen LogP) is 3.94. The summed E-state index contributed by atoms with van der Waals surface area (Å²) in [7, 11) is 1.79. The molecule has 6 heteroatoms. The average Bonchev–Trinajstić information content (AvgIpc) is 2.70. The topological polar surface area (TPSA) is 33.2 Å². The molecule has 1 amide bonds. The summed E-state index contributed by atoms with van der Waals surface area (Å²) in [6.07, 6.45) is 3.49. The van der Waals surface area contributed by atoms with Crippen LogP contribution in [0, 0.1) is 0 Å². The molecule has 3 nitrogen and oxygen atoms in total. The first-order chi connectivity index (χ1) is 8.58. The van der Waals surface area contributed by atoms with E-state index in [-0.39, 0.29) is 5.91 Å². The van der Waals surface area contributed by atoms with E-state index < -0.39 is 0 Å². The lowest BCUT2D eigenvalue weighted by Crippen LogP contribution is -2.25. The Labute approximate surface area is 126 Å². The highest BCUT2D eigenvalue weighted by atomic mass is 79.9. The lowest BCUT2D eigenvalue weighted by Gasteiger charge is -2.15. The van der Waals surface area contributed by atoms with E-state index in [9.17, 15) is 4.79 Å². The molecule has 0 aliphatic carbocycles. The monoisotopic (exact) mass is 388 g/mol. The summed E-state index contributed by atoms with van der Waals surface area (Å²) in [5.41, 5.74) is 1.02. The normalized spacial score (nSPS) is 10.4. The molecule has 0 atom stereocenters. The van der Waals surface area contributed by atoms with E-state index in [1.165, 1.54) is 11.3 Å². The van der Waals surface area contributed by atoms with Crippen molar-refractivity contribution in [3.63, 3.8) is 0 Å². The molecule has 0 aliphatic heterocycles. The zero-order valence-electron chi connectivity index (χ0n) is 9.56. The fraction of sp³-hybridized carbons (Fsp3) is 0.167. The second-order valence-electron chi connectivity index (χ2n) is 3.75. The highest BCUT2D eigenvalue weighted by Crippen LogP contribution is 2.32. The minimum Gasteiger partial charge on any atom is -0.337 e. The average molecular weight is 390 g/mol. The van der Waals surface area contributed by atoms with Gasteiger partial charge in [0.05, 0.1) is 8.66 Å². The zero-order valence-corrected chi connectivity index (χ0v) is 13.5. The van der Waals surface area contributed by atoms with Gasteiger partial charge in [-0.3, -0.25) is 9.78 Å². The smallest absolute Gasteiger partial charge is 0.264 e. The van der Waals surface area contributed by atoms with Crippen molar-refractivity contribution in [2.24, 2.45) is 0 Å². The summed E-state index contributed by atoms with van der Waals surface area (Å²) in [6, 6.07) is 5.65. The molecular weight excluding hydrogens is 380 g/mol. The van der Waals surface area contributed by atoms with Gasteiger partial charge in [-0.2, -0.15) is 0 Å². The number of carbonyl (C=O) groups excluding carboxylic acids is 1. The van der Waals surface area contributed by atoms with Gasteiger partial charge in [0.15, 0.2) is 0 Å². The zero-order chi connectivity index (χ0) is 13.1. The van der Waals surface area contributed by atoms with Crippen LogP contribution in [0.1, 0.15) is 15.2 Å². The van der Waals surface area contributed by atoms with E-state index in [1.54, 1.807) is 24.3 Å². The van der Waals surface area contributed by atoms with Gasteiger partial charge in [0, 0.05) is 30.5 Å². The van der Waals surface area contributed by atoms with Crippen LogP contribution < -0.4 is 0 Å². The molecule has 2 heterocycles. The summed E-state index contributed by atoms with van der Waals surface area (Å²) in [4.78, 5) is 18.6. The predicted molar refractivity (Wildman–Crippen MR) is 79.8 cm³/mol. The molecule has 0 fully saturated rings. The van der Waals surface area contributed by atoms with Crippen LogP contribution >= 0.6 is 43.2 Å². The third-order valence-electron chi connectivity index (χ3n) is 2.35. The maximum absolute atomic E-state index is 12.2. The van der Waals surface area contributed by atoms with Gasteiger partial charge in [-0.05, 0) is 49.6 Å². The Kier molecular flexibility index (Phi) is 4.53. The standard InChI is InChI=1S/C12H10Br2N2OS/c1-16(7-8-3-2-4-15-6-8)12(17)10-5-9(13)11(14)18-10/h2-6H,7H2,1H3. The number of nitrogens with zero attached hydrogens (tertiary/aromatic N) is 2. The molecule has 2 rings (SSSR count). The molecule has 0 aromatic carbocycles. The number of hydrogen-bond donors (Lipinski definition) is 0. The molecule has 0 saturated heterocycles. The Hall–Kier alpha value is -0.720. The number of thiophene rings is 1. The van der Waals surface area contributed by atoms with Crippen molar-refractivity contribution in [3.05, 3.63) is 49.3 Å². The van der Waals surface area contributed by atoms with Crippen LogP contribution in [0.5, 0.6) is 0 Å². The Morgan fingerprint density at radius 2 is 2.28 bits per heavy atom. The van der Waals surface area contributed by atoms with Crippen molar-refractivity contribution >= 4 is 49.1 Å². The molecule has 0 aliphatic rings. The second kappa shape index (κ2) is 5.95. The van der Waals surface area contributed by atoms with Crippen LogP contribution in [0.3, 0.4) is 0 Å². The largest absolute Gasteiger partial charge is 0.337 e. The first-order valence-electron chi connectivity index (χ1n) is 5.17. The third kappa shape index (κ3) is 3.18. The lowest BCUT2D eigenvalue weighted by atomic mass is 10.2. The van der Waals surface area contributed by atoms with Crippen LogP contribution in [0.2, 0.25) is 0 Å². The fourth-order valence-electron chi connectivity index (χ4n) is 1.48. The SMILES string of the molecule is CN(Cc1cccnc1)C(=O)c1cc(Br)c(Br)s1. The molecule has 2 aromatic rings. The van der Waals surface area contributed by atoms with Gasteiger partial charge >= 0.3 is 0 Å². The molecule has 0 spiro atoms. The highest BCUT2D eigenvalue weighted by molar-refractivity contribution is 9.13. The Balaban J connectivity index is 2.09. The summed E-state index contributed by atoms with van der Waals surface area (Å²) >= 11 is 8.20. The van der Waals surface area contributed by atoms with Crippen molar-refractivity contribution in [1.82, 2.24) is 9.88 Å². The number of aromatic nitrogens is 1. The molecule has 0 radical (unpaired) electrons. The number of hydrogen-bond acceptors (Lipinski definition) is 3. The van der Waals surface area contributed by atoms with E-state index >= 15 is 0 Å². The lowest BCUT2D eigenvalue weighted by molar-refractivity contribution is 0.0789. The number of carbonyl (C=O) groups is 1. The first-order valence-corrected chi connectivity index (χ1v) is 7.57.